The average Bonchev–Trinajstić information content (AvgIpc) is 3.49. The van der Waals surface area contributed by atoms with Gasteiger partial charge in [-0.25, -0.2) is 4.98 Å². The number of benzene rings is 3. The molecule has 2 heterocycles. The third kappa shape index (κ3) is 3.84. The van der Waals surface area contributed by atoms with Crippen LogP contribution < -0.4 is 0 Å². The van der Waals surface area contributed by atoms with E-state index in [-0.39, 0.29) is 0 Å². The second-order valence-electron chi connectivity index (χ2n) is 9.65. The van der Waals surface area contributed by atoms with Gasteiger partial charge in [0.15, 0.2) is 0 Å². The second-order valence-corrected chi connectivity index (χ2v) is 9.65. The lowest BCUT2D eigenvalue weighted by molar-refractivity contribution is -0.131. The van der Waals surface area contributed by atoms with E-state index in [4.69, 9.17) is 4.98 Å². The maximum atomic E-state index is 12.6. The standard InChI is InChI=1S/C29H29N3O/c1-20-6-5-9-26-27(20)30-28(24-12-10-23(11-13-24)22-7-3-2-4-8-22)32(26)19-21-16-17-31(18-21)29(33)25-14-15-25/h2-13,21,25H,14-19H2,1H3/t21-/m1/s1. The van der Waals surface area contributed by atoms with Crippen LogP contribution >= 0.6 is 0 Å². The molecule has 1 atom stereocenters. The molecule has 1 aliphatic carbocycles. The van der Waals surface area contributed by atoms with E-state index < -0.39 is 0 Å². The molecule has 0 radical (unpaired) electrons. The Balaban J connectivity index is 1.33. The predicted octanol–water partition coefficient (Wildman–Crippen LogP) is 5.94. The van der Waals surface area contributed by atoms with Crippen LogP contribution in [0.25, 0.3) is 33.5 Å². The molecule has 1 aliphatic heterocycles. The van der Waals surface area contributed by atoms with Crippen LogP contribution in [0, 0.1) is 18.8 Å². The third-order valence-corrected chi connectivity index (χ3v) is 7.20. The maximum absolute atomic E-state index is 12.6. The number of aromatic nitrogens is 2. The minimum absolute atomic E-state index is 0.305. The highest BCUT2D eigenvalue weighted by molar-refractivity contribution is 5.84. The van der Waals surface area contributed by atoms with Crippen LogP contribution in [0.2, 0.25) is 0 Å². The SMILES string of the molecule is Cc1cccc2c1nc(-c1ccc(-c3ccccc3)cc1)n2C[C@@H]1CCN(C(=O)C2CC2)C1. The van der Waals surface area contributed by atoms with Crippen LogP contribution in [-0.2, 0) is 11.3 Å². The van der Waals surface area contributed by atoms with E-state index in [0.717, 1.165) is 55.8 Å². The first kappa shape index (κ1) is 20.2. The Morgan fingerprint density at radius 1 is 0.879 bits per heavy atom. The molecule has 0 N–H and O–H groups in total. The molecular formula is C29H29N3O. The van der Waals surface area contributed by atoms with Gasteiger partial charge in [-0.15, -0.1) is 0 Å². The lowest BCUT2D eigenvalue weighted by Gasteiger charge is -2.18. The van der Waals surface area contributed by atoms with E-state index in [1.807, 2.05) is 6.07 Å². The number of rotatable bonds is 5. The van der Waals surface area contributed by atoms with Crippen molar-refractivity contribution >= 4 is 16.9 Å². The van der Waals surface area contributed by atoms with Gasteiger partial charge in [-0.1, -0.05) is 66.7 Å². The van der Waals surface area contributed by atoms with Crippen molar-refractivity contribution in [3.05, 3.63) is 78.4 Å². The van der Waals surface area contributed by atoms with Crippen LogP contribution in [0.15, 0.2) is 72.8 Å². The molecule has 6 rings (SSSR count). The van der Waals surface area contributed by atoms with Gasteiger partial charge >= 0.3 is 0 Å². The quantitative estimate of drug-likeness (QED) is 0.389. The number of likely N-dealkylation sites (tertiary alicyclic amines) is 1. The van der Waals surface area contributed by atoms with Crippen LogP contribution in [0.1, 0.15) is 24.8 Å². The summed E-state index contributed by atoms with van der Waals surface area (Å²) in [5.74, 6) is 2.17. The number of hydrogen-bond donors (Lipinski definition) is 0. The summed E-state index contributed by atoms with van der Waals surface area (Å²) >= 11 is 0. The summed E-state index contributed by atoms with van der Waals surface area (Å²) in [6.07, 6.45) is 3.22. The molecule has 2 fully saturated rings. The molecule has 33 heavy (non-hydrogen) atoms. The lowest BCUT2D eigenvalue weighted by Crippen LogP contribution is -2.30. The Kier molecular flexibility index (Phi) is 5.01. The first-order valence-electron chi connectivity index (χ1n) is 12.1. The summed E-state index contributed by atoms with van der Waals surface area (Å²) in [7, 11) is 0. The van der Waals surface area contributed by atoms with Crippen LogP contribution in [0.5, 0.6) is 0 Å². The first-order valence-corrected chi connectivity index (χ1v) is 12.1. The smallest absolute Gasteiger partial charge is 0.225 e. The molecule has 3 aromatic carbocycles. The molecule has 0 bridgehead atoms. The molecule has 166 valence electrons. The summed E-state index contributed by atoms with van der Waals surface area (Å²) in [4.78, 5) is 19.8. The van der Waals surface area contributed by atoms with E-state index in [2.05, 4.69) is 83.1 Å². The van der Waals surface area contributed by atoms with Gasteiger partial charge in [0.1, 0.15) is 5.82 Å². The fraction of sp³-hybridized carbons (Fsp3) is 0.310. The Hall–Kier alpha value is -3.40. The lowest BCUT2D eigenvalue weighted by atomic mass is 10.0. The summed E-state index contributed by atoms with van der Waals surface area (Å²) < 4.78 is 2.38. The molecule has 1 saturated carbocycles. The Bertz CT molecular complexity index is 1300. The van der Waals surface area contributed by atoms with E-state index in [9.17, 15) is 4.79 Å². The number of aryl methyl sites for hydroxylation is 1. The highest BCUT2D eigenvalue weighted by atomic mass is 16.2. The van der Waals surface area contributed by atoms with Gasteiger partial charge in [-0.05, 0) is 54.9 Å². The van der Waals surface area contributed by atoms with Gasteiger partial charge in [0.25, 0.3) is 0 Å². The highest BCUT2D eigenvalue weighted by Crippen LogP contribution is 2.34. The first-order chi connectivity index (χ1) is 16.2. The van der Waals surface area contributed by atoms with Gasteiger partial charge in [-0.3, -0.25) is 4.79 Å². The average molecular weight is 436 g/mol. The fourth-order valence-corrected chi connectivity index (χ4v) is 5.16. The van der Waals surface area contributed by atoms with Crippen LogP contribution in [0.4, 0.5) is 0 Å². The highest BCUT2D eigenvalue weighted by Gasteiger charge is 2.36. The topological polar surface area (TPSA) is 38.1 Å². The van der Waals surface area contributed by atoms with E-state index in [0.29, 0.717) is 17.7 Å². The number of carbonyl (C=O) groups is 1. The van der Waals surface area contributed by atoms with Crippen LogP contribution in [0.3, 0.4) is 0 Å². The molecule has 4 heteroatoms. The molecule has 4 aromatic rings. The number of amides is 1. The van der Waals surface area contributed by atoms with Crippen molar-refractivity contribution in [2.75, 3.05) is 13.1 Å². The molecule has 1 saturated heterocycles. The van der Waals surface area contributed by atoms with Crippen LogP contribution in [-0.4, -0.2) is 33.4 Å². The van der Waals surface area contributed by atoms with Crippen molar-refractivity contribution in [2.45, 2.75) is 32.7 Å². The zero-order chi connectivity index (χ0) is 22.4. The number of para-hydroxylation sites is 1. The van der Waals surface area contributed by atoms with Crippen molar-refractivity contribution in [1.82, 2.24) is 14.5 Å². The number of fused-ring (bicyclic) bond motifs is 1. The van der Waals surface area contributed by atoms with Crippen molar-refractivity contribution in [3.63, 3.8) is 0 Å². The van der Waals surface area contributed by atoms with Crippen molar-refractivity contribution < 1.29 is 4.79 Å². The summed E-state index contributed by atoms with van der Waals surface area (Å²) in [5, 5.41) is 0. The second kappa shape index (κ2) is 8.18. The monoisotopic (exact) mass is 435 g/mol. The van der Waals surface area contributed by atoms with Crippen molar-refractivity contribution in [2.24, 2.45) is 11.8 Å². The molecule has 1 amide bonds. The van der Waals surface area contributed by atoms with Gasteiger partial charge in [0.05, 0.1) is 11.0 Å². The van der Waals surface area contributed by atoms with E-state index >= 15 is 0 Å². The minimum Gasteiger partial charge on any atom is -0.342 e. The van der Waals surface area contributed by atoms with E-state index in [1.165, 1.54) is 22.2 Å². The van der Waals surface area contributed by atoms with Gasteiger partial charge in [0.2, 0.25) is 5.91 Å². The molecular weight excluding hydrogens is 406 g/mol. The van der Waals surface area contributed by atoms with Gasteiger partial charge < -0.3 is 9.47 Å². The van der Waals surface area contributed by atoms with Gasteiger partial charge in [0, 0.05) is 31.1 Å². The molecule has 4 nitrogen and oxygen atoms in total. The summed E-state index contributed by atoms with van der Waals surface area (Å²) in [6, 6.07) is 25.7. The summed E-state index contributed by atoms with van der Waals surface area (Å²) in [5.41, 5.74) is 7.02. The molecule has 0 unspecified atom stereocenters. The van der Waals surface area contributed by atoms with E-state index in [1.54, 1.807) is 0 Å². The predicted molar refractivity (Wildman–Crippen MR) is 133 cm³/mol. The Labute approximate surface area is 194 Å². The van der Waals surface area contributed by atoms with Crippen molar-refractivity contribution in [3.8, 4) is 22.5 Å². The van der Waals surface area contributed by atoms with Crippen molar-refractivity contribution in [1.29, 1.82) is 0 Å². The maximum Gasteiger partial charge on any atom is 0.225 e. The normalized spacial score (nSPS) is 18.2. The third-order valence-electron chi connectivity index (χ3n) is 7.20. The fourth-order valence-electron chi connectivity index (χ4n) is 5.16. The number of imidazole rings is 1. The molecule has 0 spiro atoms. The zero-order valence-corrected chi connectivity index (χ0v) is 19.1. The Morgan fingerprint density at radius 2 is 1.61 bits per heavy atom. The number of hydrogen-bond acceptors (Lipinski definition) is 2. The molecule has 1 aromatic heterocycles. The molecule has 2 aliphatic rings. The summed E-state index contributed by atoms with van der Waals surface area (Å²) in [6.45, 7) is 4.79. The van der Waals surface area contributed by atoms with Gasteiger partial charge in [-0.2, -0.15) is 0 Å². The zero-order valence-electron chi connectivity index (χ0n) is 19.1. The largest absolute Gasteiger partial charge is 0.342 e. The minimum atomic E-state index is 0.305. The number of nitrogens with zero attached hydrogens (tertiary/aromatic N) is 3. The Morgan fingerprint density at radius 3 is 2.36 bits per heavy atom. The number of carbonyl (C=O) groups excluding carboxylic acids is 1.